The van der Waals surface area contributed by atoms with Gasteiger partial charge in [0.15, 0.2) is 0 Å². The van der Waals surface area contributed by atoms with E-state index in [1.54, 1.807) is 6.07 Å². The molecule has 2 rings (SSSR count). The summed E-state index contributed by atoms with van der Waals surface area (Å²) in [7, 11) is 0. The Morgan fingerprint density at radius 1 is 1.53 bits per heavy atom. The molecule has 4 nitrogen and oxygen atoms in total. The molecule has 0 aromatic heterocycles. The summed E-state index contributed by atoms with van der Waals surface area (Å²) < 4.78 is 5.35. The van der Waals surface area contributed by atoms with Gasteiger partial charge in [0.25, 0.3) is 0 Å². The molecule has 0 saturated carbocycles. The van der Waals surface area contributed by atoms with Crippen molar-refractivity contribution in [2.45, 2.75) is 25.4 Å². The summed E-state index contributed by atoms with van der Waals surface area (Å²) in [5.74, 6) is -0.278. The number of benzene rings is 1. The molecule has 1 unspecified atom stereocenters. The molecule has 0 fully saturated rings. The molecule has 1 aliphatic heterocycles. The molecule has 0 bridgehead atoms. The van der Waals surface area contributed by atoms with Gasteiger partial charge in [-0.05, 0) is 36.1 Å². The molecular weight excluding hydrogens is 231 g/mol. The molecule has 0 radical (unpaired) electrons. The van der Waals surface area contributed by atoms with Gasteiger partial charge in [-0.15, -0.1) is 0 Å². The molecule has 5 heteroatoms. The zero-order valence-corrected chi connectivity index (χ0v) is 11.8. The number of carboxylic acids is 1. The molecule has 1 atom stereocenters. The average molecular weight is 244 g/mol. The van der Waals surface area contributed by atoms with Crippen molar-refractivity contribution in [3.63, 3.8) is 0 Å². The van der Waals surface area contributed by atoms with E-state index < -0.39 is 12.1 Å². The fourth-order valence-electron chi connectivity index (χ4n) is 1.84. The van der Waals surface area contributed by atoms with Crippen LogP contribution in [0.1, 0.15) is 30.1 Å². The second-order valence-electron chi connectivity index (χ2n) is 3.89. The third-order valence-electron chi connectivity index (χ3n) is 2.72. The Labute approximate surface area is 122 Å². The van der Waals surface area contributed by atoms with Gasteiger partial charge in [0, 0.05) is 12.4 Å². The Morgan fingerprint density at radius 2 is 2.29 bits per heavy atom. The Hall–Kier alpha value is -0.550. The summed E-state index contributed by atoms with van der Waals surface area (Å²) in [5, 5.41) is 20.0. The minimum Gasteiger partial charge on any atom is -0.550 e. The molecule has 1 aromatic rings. The van der Waals surface area contributed by atoms with Crippen LogP contribution in [0.5, 0.6) is 5.75 Å². The van der Waals surface area contributed by atoms with Gasteiger partial charge < -0.3 is 19.7 Å². The Balaban J connectivity index is 0.00000144. The fourth-order valence-corrected chi connectivity index (χ4v) is 1.84. The van der Waals surface area contributed by atoms with E-state index in [9.17, 15) is 15.0 Å². The van der Waals surface area contributed by atoms with E-state index in [2.05, 4.69) is 0 Å². The van der Waals surface area contributed by atoms with E-state index in [1.807, 2.05) is 12.1 Å². The molecule has 0 spiro atoms. The third-order valence-corrected chi connectivity index (χ3v) is 2.72. The van der Waals surface area contributed by atoms with Crippen LogP contribution < -0.4 is 39.4 Å². The minimum absolute atomic E-state index is 0. The van der Waals surface area contributed by atoms with Gasteiger partial charge in [0.1, 0.15) is 5.75 Å². The number of rotatable bonds is 4. The van der Waals surface area contributed by atoms with Crippen LogP contribution in [0, 0.1) is 0 Å². The molecule has 1 N–H and O–H groups in total. The first-order valence-electron chi connectivity index (χ1n) is 5.30. The van der Waals surface area contributed by atoms with E-state index in [0.717, 1.165) is 23.3 Å². The molecular formula is C12H13NaO4. The van der Waals surface area contributed by atoms with Crippen molar-refractivity contribution < 1.29 is 49.3 Å². The van der Waals surface area contributed by atoms with Crippen molar-refractivity contribution in [1.82, 2.24) is 0 Å². The second kappa shape index (κ2) is 6.40. The summed E-state index contributed by atoms with van der Waals surface area (Å²) in [6.07, 6.45) is 0.149. The van der Waals surface area contributed by atoms with Crippen molar-refractivity contribution in [3.05, 3.63) is 29.3 Å². The maximum absolute atomic E-state index is 10.3. The van der Waals surface area contributed by atoms with E-state index in [0.29, 0.717) is 6.61 Å². The minimum atomic E-state index is -1.14. The standard InChI is InChI=1S/C12H14O4.Na/c13-10(2-4-12(14)15)8-1-3-11-9(7-8)5-6-16-11;/h1,3,7,10,13H,2,4-6H2,(H,14,15);/q;+1/p-1. The summed E-state index contributed by atoms with van der Waals surface area (Å²) in [4.78, 5) is 10.3. The smallest absolute Gasteiger partial charge is 0.550 e. The topological polar surface area (TPSA) is 69.6 Å². The quantitative estimate of drug-likeness (QED) is 0.580. The molecule has 1 aliphatic rings. The van der Waals surface area contributed by atoms with Crippen LogP contribution in [0.2, 0.25) is 0 Å². The maximum atomic E-state index is 10.3. The molecule has 86 valence electrons. The first-order valence-corrected chi connectivity index (χ1v) is 5.30. The van der Waals surface area contributed by atoms with Crippen LogP contribution in [0.4, 0.5) is 0 Å². The number of ether oxygens (including phenoxy) is 1. The van der Waals surface area contributed by atoms with Crippen molar-refractivity contribution in [2.75, 3.05) is 6.61 Å². The van der Waals surface area contributed by atoms with Crippen LogP contribution >= 0.6 is 0 Å². The second-order valence-corrected chi connectivity index (χ2v) is 3.89. The first-order chi connectivity index (χ1) is 7.66. The monoisotopic (exact) mass is 244 g/mol. The number of aliphatic carboxylic acids is 1. The number of carboxylic acid groups (broad SMARTS) is 1. The van der Waals surface area contributed by atoms with Gasteiger partial charge in [-0.3, -0.25) is 0 Å². The van der Waals surface area contributed by atoms with E-state index >= 15 is 0 Å². The predicted molar refractivity (Wildman–Crippen MR) is 54.8 cm³/mol. The Kier molecular flexibility index (Phi) is 5.46. The molecule has 17 heavy (non-hydrogen) atoms. The normalized spacial score (nSPS) is 14.4. The van der Waals surface area contributed by atoms with Gasteiger partial charge in [0.2, 0.25) is 0 Å². The summed E-state index contributed by atoms with van der Waals surface area (Å²) in [6.45, 7) is 0.675. The number of hydrogen-bond donors (Lipinski definition) is 1. The van der Waals surface area contributed by atoms with Crippen LogP contribution in [0.15, 0.2) is 18.2 Å². The van der Waals surface area contributed by atoms with Crippen LogP contribution in [-0.2, 0) is 11.2 Å². The van der Waals surface area contributed by atoms with E-state index in [1.165, 1.54) is 0 Å². The first kappa shape index (κ1) is 14.5. The number of fused-ring (bicyclic) bond motifs is 1. The van der Waals surface area contributed by atoms with Crippen molar-refractivity contribution >= 4 is 5.97 Å². The zero-order valence-electron chi connectivity index (χ0n) is 9.81. The number of carbonyl (C=O) groups excluding carboxylic acids is 1. The molecule has 1 aromatic carbocycles. The van der Waals surface area contributed by atoms with Crippen molar-refractivity contribution in [1.29, 1.82) is 0 Å². The van der Waals surface area contributed by atoms with Crippen LogP contribution in [-0.4, -0.2) is 17.7 Å². The van der Waals surface area contributed by atoms with Crippen molar-refractivity contribution in [3.8, 4) is 5.75 Å². The van der Waals surface area contributed by atoms with Gasteiger partial charge in [-0.25, -0.2) is 0 Å². The van der Waals surface area contributed by atoms with Crippen LogP contribution in [0.25, 0.3) is 0 Å². The summed E-state index contributed by atoms with van der Waals surface area (Å²) in [5.41, 5.74) is 1.82. The number of carbonyl (C=O) groups is 1. The SMILES string of the molecule is O=C([O-])CCC(O)c1ccc2c(c1)CCO2.[Na+]. The molecule has 0 amide bonds. The van der Waals surface area contributed by atoms with Gasteiger partial charge in [-0.2, -0.15) is 0 Å². The average Bonchev–Trinajstić information content (AvgIpc) is 2.72. The number of aliphatic hydroxyl groups excluding tert-OH is 1. The van der Waals surface area contributed by atoms with Gasteiger partial charge >= 0.3 is 29.6 Å². The zero-order chi connectivity index (χ0) is 11.5. The van der Waals surface area contributed by atoms with E-state index in [4.69, 9.17) is 4.74 Å². The molecule has 0 saturated heterocycles. The summed E-state index contributed by atoms with van der Waals surface area (Å²) >= 11 is 0. The van der Waals surface area contributed by atoms with Crippen LogP contribution in [0.3, 0.4) is 0 Å². The number of hydrogen-bond acceptors (Lipinski definition) is 4. The van der Waals surface area contributed by atoms with Gasteiger partial charge in [-0.1, -0.05) is 6.07 Å². The third kappa shape index (κ3) is 3.71. The summed E-state index contributed by atoms with van der Waals surface area (Å²) in [6, 6.07) is 5.46. The molecule has 0 aliphatic carbocycles. The Bertz CT molecular complexity index is 405. The molecule has 1 heterocycles. The largest absolute Gasteiger partial charge is 1.00 e. The van der Waals surface area contributed by atoms with E-state index in [-0.39, 0.29) is 42.4 Å². The predicted octanol–water partition coefficient (Wildman–Crippen LogP) is -2.81. The van der Waals surface area contributed by atoms with Crippen molar-refractivity contribution in [2.24, 2.45) is 0 Å². The number of aliphatic hydroxyl groups is 1. The maximum Gasteiger partial charge on any atom is 1.00 e. The fraction of sp³-hybridized carbons (Fsp3) is 0.417. The van der Waals surface area contributed by atoms with Gasteiger partial charge in [0.05, 0.1) is 12.7 Å². The Morgan fingerprint density at radius 3 is 3.00 bits per heavy atom.